The van der Waals surface area contributed by atoms with Crippen molar-refractivity contribution in [3.8, 4) is 0 Å². The summed E-state index contributed by atoms with van der Waals surface area (Å²) in [6, 6.07) is 7.62. The number of ether oxygens (including phenoxy) is 1. The second-order valence-corrected chi connectivity index (χ2v) is 5.53. The number of piperidine rings is 1. The molecule has 4 heteroatoms. The summed E-state index contributed by atoms with van der Waals surface area (Å²) in [6.45, 7) is 4.11. The number of hydrogen-bond donors (Lipinski definition) is 1. The third-order valence-electron chi connectivity index (χ3n) is 4.01. The molecule has 1 N–H and O–H groups in total. The monoisotopic (exact) mass is 276 g/mol. The molecule has 1 saturated heterocycles. The van der Waals surface area contributed by atoms with Gasteiger partial charge in [-0.1, -0.05) is 18.2 Å². The zero-order valence-corrected chi connectivity index (χ0v) is 12.4. The van der Waals surface area contributed by atoms with Gasteiger partial charge in [-0.3, -0.25) is 0 Å². The van der Waals surface area contributed by atoms with Gasteiger partial charge in [-0.15, -0.1) is 0 Å². The molecule has 1 heterocycles. The molecule has 20 heavy (non-hydrogen) atoms. The molecule has 1 aromatic carbocycles. The van der Waals surface area contributed by atoms with Crippen LogP contribution in [0.15, 0.2) is 24.3 Å². The first kappa shape index (κ1) is 15.0. The van der Waals surface area contributed by atoms with E-state index in [0.717, 1.165) is 24.6 Å². The molecule has 0 amide bonds. The fraction of sp³-hybridized carbons (Fsp3) is 0.562. The van der Waals surface area contributed by atoms with Gasteiger partial charge in [0, 0.05) is 6.54 Å². The quantitative estimate of drug-likeness (QED) is 0.834. The zero-order valence-electron chi connectivity index (χ0n) is 12.4. The number of carbonyl (C=O) groups is 1. The first-order valence-electron chi connectivity index (χ1n) is 7.26. The Morgan fingerprint density at radius 1 is 1.35 bits per heavy atom. The predicted molar refractivity (Wildman–Crippen MR) is 79.7 cm³/mol. The van der Waals surface area contributed by atoms with Gasteiger partial charge in [0.2, 0.25) is 0 Å². The second-order valence-electron chi connectivity index (χ2n) is 5.53. The smallest absolute Gasteiger partial charge is 0.338 e. The highest BCUT2D eigenvalue weighted by Gasteiger charge is 2.16. The summed E-state index contributed by atoms with van der Waals surface area (Å²) in [5, 5.41) is 3.48. The number of esters is 1. The number of methoxy groups -OCH3 is 1. The van der Waals surface area contributed by atoms with Crippen LogP contribution in [0, 0.1) is 5.92 Å². The Balaban J connectivity index is 1.83. The number of likely N-dealkylation sites (tertiary alicyclic amines) is 1. The van der Waals surface area contributed by atoms with Crippen LogP contribution in [-0.4, -0.2) is 44.7 Å². The van der Waals surface area contributed by atoms with Gasteiger partial charge in [-0.2, -0.15) is 0 Å². The Bertz CT molecular complexity index is 440. The van der Waals surface area contributed by atoms with Gasteiger partial charge < -0.3 is 15.0 Å². The number of benzene rings is 1. The first-order valence-corrected chi connectivity index (χ1v) is 7.26. The Morgan fingerprint density at radius 2 is 2.05 bits per heavy atom. The molecule has 0 aromatic heterocycles. The molecule has 0 saturated carbocycles. The van der Waals surface area contributed by atoms with Crippen LogP contribution >= 0.6 is 0 Å². The van der Waals surface area contributed by atoms with Crippen molar-refractivity contribution in [1.82, 2.24) is 10.2 Å². The van der Waals surface area contributed by atoms with Crippen LogP contribution in [0.5, 0.6) is 0 Å². The largest absolute Gasteiger partial charge is 0.465 e. The first-order chi connectivity index (χ1) is 9.70. The van der Waals surface area contributed by atoms with Crippen molar-refractivity contribution in [3.05, 3.63) is 35.4 Å². The lowest BCUT2D eigenvalue weighted by atomic mass is 9.97. The summed E-state index contributed by atoms with van der Waals surface area (Å²) < 4.78 is 4.81. The van der Waals surface area contributed by atoms with E-state index in [1.807, 2.05) is 24.3 Å². The number of rotatable bonds is 5. The van der Waals surface area contributed by atoms with E-state index in [4.69, 9.17) is 4.74 Å². The van der Waals surface area contributed by atoms with Crippen LogP contribution in [0.25, 0.3) is 0 Å². The maximum absolute atomic E-state index is 11.7. The van der Waals surface area contributed by atoms with Crippen molar-refractivity contribution in [3.63, 3.8) is 0 Å². The van der Waals surface area contributed by atoms with Crippen LogP contribution in [0.2, 0.25) is 0 Å². The van der Waals surface area contributed by atoms with Crippen LogP contribution in [0.3, 0.4) is 0 Å². The molecule has 0 aliphatic carbocycles. The molecule has 1 aliphatic heterocycles. The summed E-state index contributed by atoms with van der Waals surface area (Å²) >= 11 is 0. The SMILES string of the molecule is COC(=O)c1ccccc1CNCC1CCN(C)CC1. The van der Waals surface area contributed by atoms with Gasteiger partial charge in [0.1, 0.15) is 0 Å². The predicted octanol–water partition coefficient (Wildman–Crippen LogP) is 1.90. The van der Waals surface area contributed by atoms with Gasteiger partial charge in [0.15, 0.2) is 0 Å². The number of nitrogens with zero attached hydrogens (tertiary/aromatic N) is 1. The van der Waals surface area contributed by atoms with E-state index < -0.39 is 0 Å². The molecule has 0 atom stereocenters. The van der Waals surface area contributed by atoms with E-state index in [1.54, 1.807) is 0 Å². The van der Waals surface area contributed by atoms with Gasteiger partial charge in [-0.05, 0) is 57.1 Å². The van der Waals surface area contributed by atoms with Crippen molar-refractivity contribution in [2.24, 2.45) is 5.92 Å². The molecule has 4 nitrogen and oxygen atoms in total. The number of carbonyl (C=O) groups excluding carboxylic acids is 1. The third-order valence-corrected chi connectivity index (χ3v) is 4.01. The molecular weight excluding hydrogens is 252 g/mol. The van der Waals surface area contributed by atoms with Crippen LogP contribution in [0.1, 0.15) is 28.8 Å². The van der Waals surface area contributed by atoms with Crippen molar-refractivity contribution < 1.29 is 9.53 Å². The van der Waals surface area contributed by atoms with Crippen molar-refractivity contribution in [1.29, 1.82) is 0 Å². The molecular formula is C16H24N2O2. The maximum atomic E-state index is 11.7. The Kier molecular flexibility index (Phi) is 5.56. The van der Waals surface area contributed by atoms with E-state index in [2.05, 4.69) is 17.3 Å². The minimum atomic E-state index is -0.262. The third kappa shape index (κ3) is 4.05. The minimum Gasteiger partial charge on any atom is -0.465 e. The van der Waals surface area contributed by atoms with E-state index in [-0.39, 0.29) is 5.97 Å². The summed E-state index contributed by atoms with van der Waals surface area (Å²) in [7, 11) is 3.60. The lowest BCUT2D eigenvalue weighted by Gasteiger charge is -2.29. The highest BCUT2D eigenvalue weighted by Crippen LogP contribution is 2.15. The number of nitrogens with one attached hydrogen (secondary N) is 1. The fourth-order valence-electron chi connectivity index (χ4n) is 2.66. The highest BCUT2D eigenvalue weighted by atomic mass is 16.5. The average Bonchev–Trinajstić information content (AvgIpc) is 2.49. The lowest BCUT2D eigenvalue weighted by Crippen LogP contribution is -2.34. The topological polar surface area (TPSA) is 41.6 Å². The van der Waals surface area contributed by atoms with Crippen molar-refractivity contribution in [2.45, 2.75) is 19.4 Å². The number of hydrogen-bond acceptors (Lipinski definition) is 4. The molecule has 1 fully saturated rings. The van der Waals surface area contributed by atoms with E-state index in [0.29, 0.717) is 5.56 Å². The van der Waals surface area contributed by atoms with Gasteiger partial charge in [0.05, 0.1) is 12.7 Å². The minimum absolute atomic E-state index is 0.262. The maximum Gasteiger partial charge on any atom is 0.338 e. The standard InChI is InChI=1S/C16H24N2O2/c1-18-9-7-13(8-10-18)11-17-12-14-5-3-4-6-15(14)16(19)20-2/h3-6,13,17H,7-12H2,1-2H3. The summed E-state index contributed by atoms with van der Waals surface area (Å²) in [6.07, 6.45) is 2.50. The van der Waals surface area contributed by atoms with E-state index in [1.165, 1.54) is 33.0 Å². The van der Waals surface area contributed by atoms with E-state index in [9.17, 15) is 4.79 Å². The molecule has 0 radical (unpaired) electrons. The average molecular weight is 276 g/mol. The second kappa shape index (κ2) is 7.41. The Labute approximate surface area is 121 Å². The van der Waals surface area contributed by atoms with Crippen LogP contribution < -0.4 is 5.32 Å². The van der Waals surface area contributed by atoms with Gasteiger partial charge in [-0.25, -0.2) is 4.79 Å². The van der Waals surface area contributed by atoms with Crippen LogP contribution in [0.4, 0.5) is 0 Å². The fourth-order valence-corrected chi connectivity index (χ4v) is 2.66. The summed E-state index contributed by atoms with van der Waals surface area (Å²) in [4.78, 5) is 14.1. The molecule has 1 aliphatic rings. The van der Waals surface area contributed by atoms with Crippen molar-refractivity contribution >= 4 is 5.97 Å². The van der Waals surface area contributed by atoms with Crippen LogP contribution in [-0.2, 0) is 11.3 Å². The zero-order chi connectivity index (χ0) is 14.4. The molecule has 0 bridgehead atoms. The summed E-state index contributed by atoms with van der Waals surface area (Å²) in [5.41, 5.74) is 1.66. The Hall–Kier alpha value is -1.39. The molecule has 0 spiro atoms. The van der Waals surface area contributed by atoms with E-state index >= 15 is 0 Å². The Morgan fingerprint density at radius 3 is 2.75 bits per heavy atom. The summed E-state index contributed by atoms with van der Waals surface area (Å²) in [5.74, 6) is 0.484. The highest BCUT2D eigenvalue weighted by molar-refractivity contribution is 5.90. The molecule has 1 aromatic rings. The van der Waals surface area contributed by atoms with Gasteiger partial charge in [0.25, 0.3) is 0 Å². The molecule has 110 valence electrons. The molecule has 2 rings (SSSR count). The molecule has 0 unspecified atom stereocenters. The normalized spacial score (nSPS) is 17.1. The van der Waals surface area contributed by atoms with Gasteiger partial charge >= 0.3 is 5.97 Å². The lowest BCUT2D eigenvalue weighted by molar-refractivity contribution is 0.0599. The van der Waals surface area contributed by atoms with Crippen molar-refractivity contribution in [2.75, 3.05) is 33.8 Å².